The lowest BCUT2D eigenvalue weighted by Crippen LogP contribution is -2.46. The summed E-state index contributed by atoms with van der Waals surface area (Å²) in [6.07, 6.45) is 2.78. The summed E-state index contributed by atoms with van der Waals surface area (Å²) in [6, 6.07) is 14.3. The van der Waals surface area contributed by atoms with Crippen LogP contribution < -0.4 is 15.7 Å². The molecule has 2 fully saturated rings. The number of hydrogen-bond donors (Lipinski definition) is 5. The van der Waals surface area contributed by atoms with Gasteiger partial charge in [0.05, 0.1) is 26.8 Å². The van der Waals surface area contributed by atoms with Gasteiger partial charge < -0.3 is 15.0 Å². The van der Waals surface area contributed by atoms with Gasteiger partial charge in [0.2, 0.25) is 5.91 Å². The molecule has 200 valence electrons. The van der Waals surface area contributed by atoms with Gasteiger partial charge in [-0.2, -0.15) is 10.6 Å². The second-order valence-corrected chi connectivity index (χ2v) is 13.7. The molecule has 0 aromatic heterocycles. The van der Waals surface area contributed by atoms with Gasteiger partial charge >= 0.3 is 0 Å². The van der Waals surface area contributed by atoms with Crippen molar-refractivity contribution in [3.63, 3.8) is 0 Å². The summed E-state index contributed by atoms with van der Waals surface area (Å²) in [5.41, 5.74) is 3.59. The highest BCUT2D eigenvalue weighted by atomic mass is 32.3. The lowest BCUT2D eigenvalue weighted by molar-refractivity contribution is -0.134. The second kappa shape index (κ2) is 9.59. The summed E-state index contributed by atoms with van der Waals surface area (Å²) < 4.78 is 27.0. The Morgan fingerprint density at radius 3 is 2.51 bits per heavy atom. The number of carbonyl (C=O) groups is 2. The van der Waals surface area contributed by atoms with E-state index in [9.17, 15) is 23.9 Å². The third-order valence-corrected chi connectivity index (χ3v) is 10.7. The lowest BCUT2D eigenvalue weighted by atomic mass is 9.96. The zero-order chi connectivity index (χ0) is 26.4. The number of hydrogen-bond acceptors (Lipinski definition) is 7. The standard InChI is InChI=1S/C27H35N3O6S/c1-26(2)17-30(22-6-3-4-7-23(22)37(26,34)35)16-18-8-10-19(11-9-18)24(31)28-21-15-27(12-5-13-36-27)14-20(21)25(32)29-33/h3-4,6-11,20-21,33-35H,5,12-17H2,1-2H3,(H,28,31)(H,29,32)/t20-,21+,27+/m0/s1. The predicted octanol–water partition coefficient (Wildman–Crippen LogP) is 4.16. The molecule has 10 heteroatoms. The molecule has 2 aromatic carbocycles. The quantitative estimate of drug-likeness (QED) is 0.290. The van der Waals surface area contributed by atoms with Crippen molar-refractivity contribution in [1.29, 1.82) is 0 Å². The highest BCUT2D eigenvalue weighted by molar-refractivity contribution is 8.25. The van der Waals surface area contributed by atoms with Crippen molar-refractivity contribution >= 4 is 28.1 Å². The van der Waals surface area contributed by atoms with Crippen LogP contribution in [0.2, 0.25) is 0 Å². The van der Waals surface area contributed by atoms with Gasteiger partial charge in [0, 0.05) is 31.3 Å². The van der Waals surface area contributed by atoms with Crippen molar-refractivity contribution in [1.82, 2.24) is 10.8 Å². The highest BCUT2D eigenvalue weighted by Crippen LogP contribution is 2.64. The number of benzene rings is 2. The van der Waals surface area contributed by atoms with Gasteiger partial charge in [-0.1, -0.05) is 24.3 Å². The summed E-state index contributed by atoms with van der Waals surface area (Å²) in [5.74, 6) is -1.34. The Hall–Kier alpha value is -2.63. The number of anilines is 1. The van der Waals surface area contributed by atoms with Crippen LogP contribution in [0.15, 0.2) is 53.4 Å². The number of para-hydroxylation sites is 1. The molecule has 9 nitrogen and oxygen atoms in total. The van der Waals surface area contributed by atoms with E-state index in [0.717, 1.165) is 24.1 Å². The van der Waals surface area contributed by atoms with E-state index in [2.05, 4.69) is 10.2 Å². The summed E-state index contributed by atoms with van der Waals surface area (Å²) in [4.78, 5) is 28.1. The van der Waals surface area contributed by atoms with Crippen LogP contribution in [0.1, 0.15) is 55.5 Å². The molecule has 5 rings (SSSR count). The zero-order valence-corrected chi connectivity index (χ0v) is 22.0. The minimum absolute atomic E-state index is 0.277. The van der Waals surface area contributed by atoms with Gasteiger partial charge in [0.15, 0.2) is 0 Å². The van der Waals surface area contributed by atoms with E-state index in [1.54, 1.807) is 23.7 Å². The number of hydroxylamine groups is 1. The second-order valence-electron chi connectivity index (χ2n) is 11.0. The maximum atomic E-state index is 13.1. The van der Waals surface area contributed by atoms with E-state index in [4.69, 9.17) is 4.74 Å². The smallest absolute Gasteiger partial charge is 0.251 e. The predicted molar refractivity (Wildman–Crippen MR) is 141 cm³/mol. The number of fused-ring (bicyclic) bond motifs is 1. The molecule has 3 atom stereocenters. The molecule has 3 aliphatic rings. The SMILES string of the molecule is CC1(C)CN(Cc2ccc(C(=O)N[C@@H]3C[C@@]4(CCCO4)C[C@@H]3C(=O)NO)cc2)c2ccccc2S1(O)O. The van der Waals surface area contributed by atoms with Crippen LogP contribution in [-0.2, 0) is 16.1 Å². The molecular weight excluding hydrogens is 494 g/mol. The summed E-state index contributed by atoms with van der Waals surface area (Å²) in [5, 5.41) is 12.2. The van der Waals surface area contributed by atoms with Crippen molar-refractivity contribution in [3.8, 4) is 0 Å². The molecule has 1 aliphatic carbocycles. The summed E-state index contributed by atoms with van der Waals surface area (Å²) in [7, 11) is -2.94. The van der Waals surface area contributed by atoms with Crippen LogP contribution in [0, 0.1) is 5.92 Å². The van der Waals surface area contributed by atoms with Crippen LogP contribution in [-0.4, -0.2) is 55.7 Å². The first kappa shape index (κ1) is 26.0. The molecule has 5 N–H and O–H groups in total. The van der Waals surface area contributed by atoms with Gasteiger partial charge in [0.25, 0.3) is 5.91 Å². The fraction of sp³-hybridized carbons (Fsp3) is 0.481. The van der Waals surface area contributed by atoms with Crippen molar-refractivity contribution in [2.75, 3.05) is 18.1 Å². The molecule has 0 unspecified atom stereocenters. The Labute approximate surface area is 218 Å². The average Bonchev–Trinajstić information content (AvgIpc) is 3.48. The Morgan fingerprint density at radius 2 is 1.84 bits per heavy atom. The normalized spacial score (nSPS) is 28.5. The first-order valence-electron chi connectivity index (χ1n) is 12.6. The molecule has 2 amide bonds. The topological polar surface area (TPSA) is 131 Å². The van der Waals surface area contributed by atoms with E-state index in [1.165, 1.54) is 0 Å². The minimum atomic E-state index is -2.94. The maximum Gasteiger partial charge on any atom is 0.251 e. The lowest BCUT2D eigenvalue weighted by Gasteiger charge is -2.54. The fourth-order valence-electron chi connectivity index (χ4n) is 6.02. The molecule has 0 radical (unpaired) electrons. The van der Waals surface area contributed by atoms with Crippen molar-refractivity contribution in [3.05, 3.63) is 59.7 Å². The molecule has 0 bridgehead atoms. The molecular formula is C27H35N3O6S. The number of carbonyl (C=O) groups excluding carboxylic acids is 2. The monoisotopic (exact) mass is 529 g/mol. The van der Waals surface area contributed by atoms with E-state index >= 15 is 0 Å². The molecule has 37 heavy (non-hydrogen) atoms. The van der Waals surface area contributed by atoms with Gasteiger partial charge in [-0.3, -0.25) is 23.9 Å². The number of nitrogens with zero attached hydrogens (tertiary/aromatic N) is 1. The molecule has 1 saturated carbocycles. The van der Waals surface area contributed by atoms with Crippen molar-refractivity contribution in [2.45, 2.75) is 67.4 Å². The molecule has 1 saturated heterocycles. The van der Waals surface area contributed by atoms with Gasteiger partial charge in [-0.15, -0.1) is 0 Å². The summed E-state index contributed by atoms with van der Waals surface area (Å²) in [6.45, 7) is 5.42. The van der Waals surface area contributed by atoms with E-state index in [0.29, 0.717) is 43.0 Å². The van der Waals surface area contributed by atoms with Crippen LogP contribution in [0.5, 0.6) is 0 Å². The fourth-order valence-corrected chi connectivity index (χ4v) is 7.71. The Kier molecular flexibility index (Phi) is 6.74. The van der Waals surface area contributed by atoms with Crippen molar-refractivity contribution in [2.24, 2.45) is 5.92 Å². The minimum Gasteiger partial charge on any atom is -0.375 e. The third-order valence-electron chi connectivity index (χ3n) is 8.06. The number of amides is 2. The molecule has 2 aliphatic heterocycles. The van der Waals surface area contributed by atoms with Crippen LogP contribution in [0.3, 0.4) is 0 Å². The first-order chi connectivity index (χ1) is 17.6. The van der Waals surface area contributed by atoms with E-state index in [1.807, 2.05) is 44.2 Å². The van der Waals surface area contributed by atoms with Crippen LogP contribution >= 0.6 is 10.6 Å². The molecule has 2 heterocycles. The Morgan fingerprint density at radius 1 is 1.11 bits per heavy atom. The molecule has 1 spiro atoms. The van der Waals surface area contributed by atoms with Crippen LogP contribution in [0.25, 0.3) is 0 Å². The third kappa shape index (κ3) is 4.72. The largest absolute Gasteiger partial charge is 0.375 e. The number of ether oxygens (including phenoxy) is 1. The maximum absolute atomic E-state index is 13.1. The number of rotatable bonds is 5. The average molecular weight is 530 g/mol. The van der Waals surface area contributed by atoms with Crippen LogP contribution in [0.4, 0.5) is 5.69 Å². The number of nitrogens with one attached hydrogen (secondary N) is 2. The molecule has 2 aromatic rings. The van der Waals surface area contributed by atoms with Gasteiger partial charge in [0.1, 0.15) is 0 Å². The Bertz CT molecular complexity index is 1180. The van der Waals surface area contributed by atoms with Gasteiger partial charge in [-0.05, 0) is 69.4 Å². The van der Waals surface area contributed by atoms with Gasteiger partial charge in [-0.25, -0.2) is 5.48 Å². The Balaban J connectivity index is 1.29. The van der Waals surface area contributed by atoms with Crippen molar-refractivity contribution < 1.29 is 28.6 Å². The summed E-state index contributed by atoms with van der Waals surface area (Å²) >= 11 is 0. The van der Waals surface area contributed by atoms with E-state index in [-0.39, 0.29) is 5.91 Å². The highest BCUT2D eigenvalue weighted by Gasteiger charge is 2.51. The zero-order valence-electron chi connectivity index (χ0n) is 21.1. The first-order valence-corrected chi connectivity index (χ1v) is 14.2. The van der Waals surface area contributed by atoms with E-state index < -0.39 is 38.8 Å².